The summed E-state index contributed by atoms with van der Waals surface area (Å²) in [7, 11) is -2.38. The number of nitrogens with zero attached hydrogens (tertiary/aromatic N) is 1. The van der Waals surface area contributed by atoms with E-state index in [2.05, 4.69) is 4.40 Å². The van der Waals surface area contributed by atoms with Crippen molar-refractivity contribution in [1.82, 2.24) is 0 Å². The van der Waals surface area contributed by atoms with Gasteiger partial charge in [-0.3, -0.25) is 5.14 Å². The second kappa shape index (κ2) is 35.8. The van der Waals surface area contributed by atoms with Crippen molar-refractivity contribution in [1.29, 1.82) is 0 Å². The number of carbonyl (C=O) groups excluding carboxylic acids is 1. The summed E-state index contributed by atoms with van der Waals surface area (Å²) in [5.74, 6) is 0. The molecule has 0 aromatic carbocycles. The van der Waals surface area contributed by atoms with Gasteiger partial charge in [-0.15, -0.1) is 23.2 Å². The zero-order valence-electron chi connectivity index (χ0n) is 26.1. The van der Waals surface area contributed by atoms with E-state index < -0.39 is 31.7 Å². The van der Waals surface area contributed by atoms with Crippen molar-refractivity contribution in [3.63, 3.8) is 0 Å². The maximum absolute atomic E-state index is 11.4. The number of halogens is 2. The van der Waals surface area contributed by atoms with Crippen molar-refractivity contribution in [3.05, 3.63) is 0 Å². The molecule has 0 aliphatic carbocycles. The number of aliphatic hydroxyl groups is 4. The van der Waals surface area contributed by atoms with Gasteiger partial charge in [0.05, 0.1) is 30.2 Å². The molecule has 236 valence electrons. The van der Waals surface area contributed by atoms with E-state index in [0.717, 1.165) is 0 Å². The first-order valence-corrected chi connectivity index (χ1v) is 14.8. The topological polar surface area (TPSA) is 171 Å². The molecule has 0 aromatic heterocycles. The molecular weight excluding hydrogens is 611 g/mol. The van der Waals surface area contributed by atoms with Crippen LogP contribution in [0.2, 0.25) is 0 Å². The molecule has 0 radical (unpaired) electrons. The van der Waals surface area contributed by atoms with Crippen LogP contribution in [0.4, 0.5) is 0 Å². The molecule has 0 spiro atoms. The summed E-state index contributed by atoms with van der Waals surface area (Å²) in [6, 6.07) is 0. The van der Waals surface area contributed by atoms with E-state index in [1.54, 1.807) is 55.4 Å². The molecule has 0 aliphatic rings. The molecule has 2 atom stereocenters. The van der Waals surface area contributed by atoms with E-state index >= 15 is 0 Å². The first-order chi connectivity index (χ1) is 16.3. The van der Waals surface area contributed by atoms with E-state index in [-0.39, 0.29) is 57.6 Å². The van der Waals surface area contributed by atoms with E-state index in [9.17, 15) is 13.2 Å². The van der Waals surface area contributed by atoms with Crippen molar-refractivity contribution >= 4 is 57.7 Å². The van der Waals surface area contributed by atoms with Gasteiger partial charge in [0, 0.05) is 54.4 Å². The number of hydrogen-bond acceptors (Lipinski definition) is 7. The molecule has 0 amide bonds. The van der Waals surface area contributed by atoms with Crippen LogP contribution < -0.4 is 5.14 Å². The summed E-state index contributed by atoms with van der Waals surface area (Å²) in [4.78, 5) is 8.51. The summed E-state index contributed by atoms with van der Waals surface area (Å²) in [5, 5.41) is 35.3. The molecule has 2 unspecified atom stereocenters. The number of carbonyl (C=O) groups is 1. The molecule has 9 nitrogen and oxygen atoms in total. The Labute approximate surface area is 263 Å². The van der Waals surface area contributed by atoms with Crippen LogP contribution in [0.15, 0.2) is 4.40 Å². The first-order valence-electron chi connectivity index (χ1n) is 11.7. The summed E-state index contributed by atoms with van der Waals surface area (Å²) >= 11 is 11.2. The maximum Gasteiger partial charge on any atom is 0.144 e. The second-order valence-electron chi connectivity index (χ2n) is 9.52. The van der Waals surface area contributed by atoms with Gasteiger partial charge >= 0.3 is 0 Å². The van der Waals surface area contributed by atoms with Gasteiger partial charge in [-0.05, 0) is 96.9 Å². The Balaban J connectivity index is -0.0000000501. The van der Waals surface area contributed by atoms with Crippen LogP contribution >= 0.6 is 23.2 Å². The molecule has 6 N–H and O–H groups in total. The summed E-state index contributed by atoms with van der Waals surface area (Å²) in [6.45, 7) is 25.7. The Hall–Kier alpha value is 0.734. The van der Waals surface area contributed by atoms with Crippen LogP contribution in [-0.2, 0) is 48.5 Å². The fourth-order valence-electron chi connectivity index (χ4n) is 0.331. The van der Waals surface area contributed by atoms with Gasteiger partial charge in [-0.1, -0.05) is 0 Å². The van der Waals surface area contributed by atoms with Gasteiger partial charge in [0.2, 0.25) is 0 Å². The van der Waals surface area contributed by atoms with Gasteiger partial charge in [-0.25, -0.2) is 8.42 Å². The van der Waals surface area contributed by atoms with Crippen molar-refractivity contribution in [2.24, 2.45) is 9.54 Å². The molecule has 0 fully saturated rings. The van der Waals surface area contributed by atoms with Gasteiger partial charge < -0.3 is 25.2 Å². The van der Waals surface area contributed by atoms with Crippen LogP contribution in [0.1, 0.15) is 96.9 Å². The van der Waals surface area contributed by atoms with Gasteiger partial charge in [0.25, 0.3) is 0 Å². The third-order valence-corrected chi connectivity index (χ3v) is 4.60. The van der Waals surface area contributed by atoms with E-state index in [0.29, 0.717) is 6.29 Å². The third kappa shape index (κ3) is 99.3. The summed E-state index contributed by atoms with van der Waals surface area (Å²) in [5.41, 5.74) is 0. The molecular formula is C24H58Cl2N2O7S2Ti. The number of hydrogen-bond donors (Lipinski definition) is 5. The molecule has 0 rings (SSSR count). The van der Waals surface area contributed by atoms with E-state index in [1.807, 2.05) is 41.5 Å². The fraction of sp³-hybridized carbons (Fsp3) is 0.917. The van der Waals surface area contributed by atoms with E-state index in [4.69, 9.17) is 48.8 Å². The number of aldehydes is 1. The zero-order valence-corrected chi connectivity index (χ0v) is 30.8. The van der Waals surface area contributed by atoms with Gasteiger partial charge in [0.15, 0.2) is 0 Å². The predicted molar refractivity (Wildman–Crippen MR) is 165 cm³/mol. The molecule has 14 heteroatoms. The molecule has 0 saturated carbocycles. The van der Waals surface area contributed by atoms with Gasteiger partial charge in [-0.2, -0.15) is 4.40 Å². The molecule has 0 bridgehead atoms. The quantitative estimate of drug-likeness (QED) is 0.130. The Morgan fingerprint density at radius 2 is 0.868 bits per heavy atom. The summed E-state index contributed by atoms with van der Waals surface area (Å²) < 4.78 is 25.0. The minimum Gasteiger partial charge on any atom is -0.397 e. The standard InChI is InChI=1S/C8H16ClNOS.C4H7ClO.C4H11NOS.4C2H6O.Ti/c1-7(2,3)12(11)10-6-8(4,5)9;1-4(2,5)3-6;1-4(2,3)7(5)6;4*1-2-3;/h6H,1-5H3;3H,1-2H3;5H2,1-3H3;4*3H,2H2,1H3;. The number of nitrogens with two attached hydrogens (primary N) is 1. The normalized spacial score (nSPS) is 12.0. The maximum atomic E-state index is 11.4. The van der Waals surface area contributed by atoms with Crippen LogP contribution in [0.5, 0.6) is 0 Å². The number of alkyl halides is 2. The smallest absolute Gasteiger partial charge is 0.144 e. The minimum absolute atomic E-state index is 0. The average Bonchev–Trinajstić information content (AvgIpc) is 2.67. The summed E-state index contributed by atoms with van der Waals surface area (Å²) in [6.07, 6.45) is 2.23. The molecule has 0 saturated heterocycles. The molecule has 0 aliphatic heterocycles. The molecule has 0 aromatic rings. The average molecular weight is 670 g/mol. The number of rotatable bonds is 3. The minimum atomic E-state index is -1.20. The second-order valence-corrected chi connectivity index (χ2v) is 15.2. The van der Waals surface area contributed by atoms with Crippen LogP contribution in [0, 0.1) is 0 Å². The van der Waals surface area contributed by atoms with Crippen molar-refractivity contribution in [2.75, 3.05) is 26.4 Å². The van der Waals surface area contributed by atoms with Crippen LogP contribution in [0.3, 0.4) is 0 Å². The number of aliphatic hydroxyl groups excluding tert-OH is 4. The fourth-order valence-corrected chi connectivity index (χ4v) is 1.11. The Morgan fingerprint density at radius 3 is 0.947 bits per heavy atom. The van der Waals surface area contributed by atoms with Crippen molar-refractivity contribution in [2.45, 2.75) is 116 Å². The van der Waals surface area contributed by atoms with Gasteiger partial charge in [0.1, 0.15) is 17.3 Å². The van der Waals surface area contributed by atoms with Crippen molar-refractivity contribution in [3.8, 4) is 0 Å². The van der Waals surface area contributed by atoms with Crippen molar-refractivity contribution < 1.29 is 55.4 Å². The predicted octanol–water partition coefficient (Wildman–Crippen LogP) is 4.14. The van der Waals surface area contributed by atoms with Crippen LogP contribution in [-0.4, -0.2) is 87.0 Å². The zero-order chi connectivity index (χ0) is 32.1. The Morgan fingerprint density at radius 1 is 0.684 bits per heavy atom. The molecule has 0 heterocycles. The van der Waals surface area contributed by atoms with E-state index in [1.165, 1.54) is 6.21 Å². The SMILES string of the molecule is CC(C)(C)S(N)=O.CC(C)(Cl)C=NS(=O)C(C)(C)C.CC(C)(Cl)C=O.CCO.CCO.CCO.CCO.[Ti]. The Kier molecular flexibility index (Phi) is 54.9. The molecule has 38 heavy (non-hydrogen) atoms. The Bertz CT molecular complexity index is 540. The largest absolute Gasteiger partial charge is 0.397 e. The first kappa shape index (κ1) is 58.4. The monoisotopic (exact) mass is 668 g/mol. The van der Waals surface area contributed by atoms with Crippen LogP contribution in [0.25, 0.3) is 0 Å². The third-order valence-electron chi connectivity index (χ3n) is 1.86.